The van der Waals surface area contributed by atoms with Crippen LogP contribution in [0.15, 0.2) is 79.0 Å². The zero-order valence-electron chi connectivity index (χ0n) is 47.3. The molecule has 0 fully saturated rings. The zero-order chi connectivity index (χ0) is 55.9. The summed E-state index contributed by atoms with van der Waals surface area (Å²) in [4.78, 5) is 59.1. The molecule has 18 heteroatoms. The molecule has 2 aromatic carbocycles. The van der Waals surface area contributed by atoms with E-state index >= 15 is 0 Å². The summed E-state index contributed by atoms with van der Waals surface area (Å²) < 4.78 is 112. The monoisotopic (exact) mass is 934 g/mol. The summed E-state index contributed by atoms with van der Waals surface area (Å²) in [5.41, 5.74) is 0.454. The second kappa shape index (κ2) is 29.4. The van der Waals surface area contributed by atoms with E-state index in [1.807, 2.05) is 17.4 Å². The first-order valence-electron chi connectivity index (χ1n) is 25.9. The van der Waals surface area contributed by atoms with Gasteiger partial charge >= 0.3 is 12.2 Å². The van der Waals surface area contributed by atoms with Gasteiger partial charge in [-0.05, 0) is 40.5 Å². The lowest BCUT2D eigenvalue weighted by atomic mass is 9.85. The number of alkyl carbamates (subject to hydrolysis) is 2. The molecule has 0 unspecified atom stereocenters. The fourth-order valence-corrected chi connectivity index (χ4v) is 6.15. The average molecular weight is 934 g/mol. The molecule has 3 rings (SSSR count). The highest BCUT2D eigenvalue weighted by atomic mass is 16.6. The summed E-state index contributed by atoms with van der Waals surface area (Å²) in [6.07, 6.45) is -2.79. The minimum Gasteiger partial charge on any atom is -0.453 e. The quantitative estimate of drug-likeness (QED) is 0.0485. The number of methoxy groups -OCH3 is 2. The van der Waals surface area contributed by atoms with Gasteiger partial charge in [-0.25, -0.2) is 14.6 Å². The van der Waals surface area contributed by atoms with E-state index in [0.29, 0.717) is 43.2 Å². The number of ether oxygens (including phenoxy) is 7. The molecule has 0 saturated carbocycles. The van der Waals surface area contributed by atoms with E-state index < -0.39 is 92.8 Å². The van der Waals surface area contributed by atoms with E-state index in [0.717, 1.165) is 12.7 Å². The Morgan fingerprint density at radius 3 is 1.77 bits per heavy atom. The molecule has 0 radical (unpaired) electrons. The third-order valence-corrected chi connectivity index (χ3v) is 9.60. The first kappa shape index (κ1) is 42.2. The Hall–Kier alpha value is -5.21. The van der Waals surface area contributed by atoms with E-state index in [1.54, 1.807) is 94.7 Å². The maximum absolute atomic E-state index is 14.8. The molecule has 4 atom stereocenters. The van der Waals surface area contributed by atoms with Crippen LogP contribution in [0.1, 0.15) is 64.8 Å². The molecule has 1 aromatic heterocycles. The Morgan fingerprint density at radius 2 is 1.23 bits per heavy atom. The summed E-state index contributed by atoms with van der Waals surface area (Å²) in [5, 5.41) is 20.4. The van der Waals surface area contributed by atoms with Crippen LogP contribution < -0.4 is 21.4 Å². The lowest BCUT2D eigenvalue weighted by Crippen LogP contribution is -2.61. The maximum Gasteiger partial charge on any atom is 0.407 e. The van der Waals surface area contributed by atoms with Crippen LogP contribution in [0, 0.1) is 10.8 Å². The van der Waals surface area contributed by atoms with E-state index in [-0.39, 0.29) is 46.0 Å². The molecule has 66 heavy (non-hydrogen) atoms. The van der Waals surface area contributed by atoms with Crippen LogP contribution >= 0.6 is 0 Å². The van der Waals surface area contributed by atoms with Crippen molar-refractivity contribution in [2.24, 2.45) is 10.8 Å². The molecule has 5 N–H and O–H groups in total. The minimum absolute atomic E-state index is 0.0441. The summed E-state index contributed by atoms with van der Waals surface area (Å²) in [6, 6.07) is 15.2. The Balaban J connectivity index is 1.95. The Bertz CT molecular complexity index is 2140. The third-order valence-electron chi connectivity index (χ3n) is 9.60. The Kier molecular flexibility index (Phi) is 18.8. The lowest BCUT2D eigenvalue weighted by Gasteiger charge is -2.35. The first-order chi connectivity index (χ1) is 35.3. The van der Waals surface area contributed by atoms with Crippen LogP contribution in [0.4, 0.5) is 9.59 Å². The smallest absolute Gasteiger partial charge is 0.407 e. The van der Waals surface area contributed by atoms with E-state index in [4.69, 9.17) is 45.5 Å². The number of benzene rings is 2. The normalized spacial score (nSPS) is 16.1. The van der Waals surface area contributed by atoms with Gasteiger partial charge in [0.15, 0.2) is 0 Å². The molecule has 4 amide bonds. The fourth-order valence-electron chi connectivity index (χ4n) is 6.15. The fraction of sp³-hybridized carbons (Fsp3) is 0.562. The van der Waals surface area contributed by atoms with Gasteiger partial charge in [-0.2, -0.15) is 0 Å². The molecular weight excluding hydrogens is 853 g/mol. The van der Waals surface area contributed by atoms with Crippen molar-refractivity contribution in [3.63, 3.8) is 0 Å². The number of aliphatic hydroxyl groups is 1. The van der Waals surface area contributed by atoms with Gasteiger partial charge in [-0.1, -0.05) is 102 Å². The molecule has 18 nitrogen and oxygen atoms in total. The number of aliphatic hydroxyl groups excluding tert-OH is 1. The van der Waals surface area contributed by atoms with Crippen molar-refractivity contribution >= 4 is 24.0 Å². The standard InChI is InChI=1S/C48H72N6O12/c1-47(2,3)41(52-46(59)66-31-30-65-29-28-64-27-26-63-25-24-62-23-22-60-7)43(56)50-39(32-35-14-10-9-11-15-35)40(55)34-54(53-44(57)42(48(4,5)6)51-45(58)61-8)33-36-17-19-37(20-18-36)38-16-12-13-21-49-38/h9-21,39-42,55H,22-34H2,1-8H3,(H,50,56)(H,51,58)(H,52,59)(H,53,57)/t39-,40-,41+,42+/m0/s1/i1D3,2D3,3D3. The number of carbonyl (C=O) groups is 4. The number of rotatable bonds is 29. The van der Waals surface area contributed by atoms with E-state index in [9.17, 15) is 24.3 Å². The van der Waals surface area contributed by atoms with Gasteiger partial charge in [0.2, 0.25) is 5.91 Å². The van der Waals surface area contributed by atoms with Crippen molar-refractivity contribution in [1.29, 1.82) is 0 Å². The van der Waals surface area contributed by atoms with Crippen molar-refractivity contribution in [2.75, 3.05) is 86.8 Å². The Labute approximate surface area is 402 Å². The van der Waals surface area contributed by atoms with Gasteiger partial charge in [0.1, 0.15) is 18.7 Å². The van der Waals surface area contributed by atoms with Gasteiger partial charge in [0.05, 0.1) is 84.4 Å². The number of hydrazine groups is 1. The number of hydrogen-bond acceptors (Lipinski definition) is 14. The minimum atomic E-state index is -3.99. The van der Waals surface area contributed by atoms with E-state index in [1.165, 1.54) is 5.01 Å². The van der Waals surface area contributed by atoms with Gasteiger partial charge < -0.3 is 54.2 Å². The molecule has 366 valence electrons. The summed E-state index contributed by atoms with van der Waals surface area (Å²) >= 11 is 0. The first-order valence-corrected chi connectivity index (χ1v) is 21.4. The summed E-state index contributed by atoms with van der Waals surface area (Å²) in [6.45, 7) is -5.88. The van der Waals surface area contributed by atoms with Crippen LogP contribution in [0.2, 0.25) is 0 Å². The molecule has 0 bridgehead atoms. The number of nitrogens with zero attached hydrogens (tertiary/aromatic N) is 2. The SMILES string of the molecule is [2H]C([2H])([2H])C([C@H](NC(=O)OCCOCCOCCOCCOCCOC)C(=O)N[C@@H](Cc1ccccc1)[C@@H](O)CN(Cc1ccc(-c2ccccn2)cc1)NC(=O)[C@@H](NC(=O)OC)C(C)(C)C)(C([2H])([2H])[2H])C([2H])([2H])[2H]. The van der Waals surface area contributed by atoms with Gasteiger partial charge in [-0.3, -0.25) is 20.0 Å². The number of nitrogens with one attached hydrogen (secondary N) is 4. The summed E-state index contributed by atoms with van der Waals surface area (Å²) in [7, 11) is 2.70. The van der Waals surface area contributed by atoms with Crippen molar-refractivity contribution in [3.05, 3.63) is 90.1 Å². The van der Waals surface area contributed by atoms with Crippen LogP contribution in [0.25, 0.3) is 11.3 Å². The second-order valence-corrected chi connectivity index (χ2v) is 16.0. The van der Waals surface area contributed by atoms with Crippen LogP contribution in [-0.2, 0) is 55.7 Å². The van der Waals surface area contributed by atoms with Crippen molar-refractivity contribution in [2.45, 2.75) is 78.5 Å². The largest absolute Gasteiger partial charge is 0.453 e. The molecule has 0 saturated heterocycles. The molecule has 0 spiro atoms. The summed E-state index contributed by atoms with van der Waals surface area (Å²) in [5.74, 6) is -2.34. The predicted molar refractivity (Wildman–Crippen MR) is 248 cm³/mol. The highest BCUT2D eigenvalue weighted by Gasteiger charge is 2.37. The highest BCUT2D eigenvalue weighted by Crippen LogP contribution is 2.23. The maximum atomic E-state index is 14.8. The second-order valence-electron chi connectivity index (χ2n) is 16.0. The van der Waals surface area contributed by atoms with Crippen LogP contribution in [0.3, 0.4) is 0 Å². The van der Waals surface area contributed by atoms with Crippen molar-refractivity contribution < 1.29 is 69.8 Å². The zero-order valence-corrected chi connectivity index (χ0v) is 38.3. The van der Waals surface area contributed by atoms with Crippen LogP contribution in [-0.4, -0.2) is 150 Å². The average Bonchev–Trinajstić information content (AvgIpc) is 3.33. The number of amides is 4. The van der Waals surface area contributed by atoms with Crippen LogP contribution in [0.5, 0.6) is 0 Å². The number of carbonyl (C=O) groups excluding carboxylic acids is 4. The molecule has 0 aliphatic heterocycles. The topological polar surface area (TPSA) is 217 Å². The van der Waals surface area contributed by atoms with Crippen molar-refractivity contribution in [3.8, 4) is 11.3 Å². The van der Waals surface area contributed by atoms with Gasteiger partial charge in [0, 0.05) is 44.3 Å². The van der Waals surface area contributed by atoms with E-state index in [2.05, 4.69) is 21.0 Å². The highest BCUT2D eigenvalue weighted by molar-refractivity contribution is 5.87. The third kappa shape index (κ3) is 21.4. The lowest BCUT2D eigenvalue weighted by molar-refractivity contribution is -0.132. The number of hydrogen-bond donors (Lipinski definition) is 5. The number of pyridine rings is 1. The molecule has 0 aliphatic carbocycles. The van der Waals surface area contributed by atoms with Crippen molar-refractivity contribution in [1.82, 2.24) is 31.4 Å². The van der Waals surface area contributed by atoms with Gasteiger partial charge in [-0.15, -0.1) is 0 Å². The predicted octanol–water partition coefficient (Wildman–Crippen LogP) is 4.29. The molecule has 3 aromatic rings. The molecular formula is C48H72N6O12. The number of aromatic nitrogens is 1. The molecule has 1 heterocycles. The Morgan fingerprint density at radius 1 is 0.667 bits per heavy atom. The van der Waals surface area contributed by atoms with Gasteiger partial charge in [0.25, 0.3) is 5.91 Å². The molecule has 0 aliphatic rings.